The molecule has 8 heteroatoms. The van der Waals surface area contributed by atoms with Gasteiger partial charge in [0.2, 0.25) is 0 Å². The van der Waals surface area contributed by atoms with Crippen LogP contribution in [0.5, 0.6) is 0 Å². The van der Waals surface area contributed by atoms with Crippen molar-refractivity contribution in [1.29, 1.82) is 0 Å². The second kappa shape index (κ2) is 6.20. The van der Waals surface area contributed by atoms with E-state index in [1.807, 2.05) is 4.90 Å². The zero-order valence-electron chi connectivity index (χ0n) is 13.5. The van der Waals surface area contributed by atoms with Gasteiger partial charge in [0.05, 0.1) is 11.9 Å². The van der Waals surface area contributed by atoms with Crippen LogP contribution in [0.2, 0.25) is 0 Å². The average molecular weight is 334 g/mol. The van der Waals surface area contributed by atoms with Gasteiger partial charge in [0, 0.05) is 19.6 Å². The van der Waals surface area contributed by atoms with E-state index in [-0.39, 0.29) is 12.5 Å². The zero-order chi connectivity index (χ0) is 17.3. The van der Waals surface area contributed by atoms with E-state index >= 15 is 0 Å². The van der Waals surface area contributed by atoms with Crippen molar-refractivity contribution in [1.82, 2.24) is 15.5 Å². The Bertz CT molecular complexity index is 727. The summed E-state index contributed by atoms with van der Waals surface area (Å²) in [5.74, 6) is 0.322. The van der Waals surface area contributed by atoms with Crippen molar-refractivity contribution in [2.24, 2.45) is 0 Å². The summed E-state index contributed by atoms with van der Waals surface area (Å²) >= 11 is 0. The number of nitrogens with one attached hydrogen (secondary N) is 1. The normalized spacial score (nSPS) is 20.4. The molecule has 0 spiro atoms. The van der Waals surface area contributed by atoms with Gasteiger partial charge in [-0.15, -0.1) is 0 Å². The van der Waals surface area contributed by atoms with Gasteiger partial charge in [0.25, 0.3) is 5.91 Å². The quantitative estimate of drug-likeness (QED) is 0.873. The molecular formula is C16H19FN4O3. The number of anilines is 1. The highest BCUT2D eigenvalue weighted by Crippen LogP contribution is 2.25. The maximum absolute atomic E-state index is 12.9. The lowest BCUT2D eigenvalue weighted by atomic mass is 10.0. The Hall–Kier alpha value is -2.48. The molecule has 0 aliphatic carbocycles. The summed E-state index contributed by atoms with van der Waals surface area (Å²) in [6.07, 6.45) is 1.62. The van der Waals surface area contributed by atoms with Gasteiger partial charge in [-0.3, -0.25) is 4.79 Å². The lowest BCUT2D eigenvalue weighted by molar-refractivity contribution is 0.0575. The molecule has 1 fully saturated rings. The summed E-state index contributed by atoms with van der Waals surface area (Å²) in [5.41, 5.74) is -0.153. The molecule has 3 heterocycles. The number of carbonyl (C=O) groups excluding carboxylic acids is 1. The number of rotatable bonds is 4. The Morgan fingerprint density at radius 2 is 2.29 bits per heavy atom. The smallest absolute Gasteiger partial charge is 0.256 e. The molecule has 1 aliphatic rings. The van der Waals surface area contributed by atoms with Crippen molar-refractivity contribution < 1.29 is 18.8 Å². The third-order valence-electron chi connectivity index (χ3n) is 4.21. The Morgan fingerprint density at radius 1 is 1.50 bits per heavy atom. The SMILES string of the molecule is Cc1noc(C)c1C(=O)NCC1(O)CCN(c2ccc(F)cn2)C1. The molecule has 0 radical (unpaired) electrons. The Labute approximate surface area is 138 Å². The van der Waals surface area contributed by atoms with Crippen LogP contribution in [0.15, 0.2) is 22.9 Å². The summed E-state index contributed by atoms with van der Waals surface area (Å²) in [7, 11) is 0. The third kappa shape index (κ3) is 3.23. The van der Waals surface area contributed by atoms with E-state index in [1.165, 1.54) is 6.07 Å². The molecule has 24 heavy (non-hydrogen) atoms. The van der Waals surface area contributed by atoms with Crippen molar-refractivity contribution in [2.75, 3.05) is 24.5 Å². The molecule has 1 atom stereocenters. The van der Waals surface area contributed by atoms with Gasteiger partial charge in [-0.1, -0.05) is 5.16 Å². The van der Waals surface area contributed by atoms with Gasteiger partial charge in [0.1, 0.15) is 28.6 Å². The number of nitrogens with zero attached hydrogens (tertiary/aromatic N) is 3. The van der Waals surface area contributed by atoms with Crippen LogP contribution < -0.4 is 10.2 Å². The average Bonchev–Trinajstić information content (AvgIpc) is 3.10. The standard InChI is InChI=1S/C16H19FN4O3/c1-10-14(11(2)24-20-10)15(22)19-8-16(23)5-6-21(9-16)13-4-3-12(17)7-18-13/h3-4,7,23H,5-6,8-9H2,1-2H3,(H,19,22). The van der Waals surface area contributed by atoms with E-state index in [2.05, 4.69) is 15.5 Å². The molecular weight excluding hydrogens is 315 g/mol. The van der Waals surface area contributed by atoms with Gasteiger partial charge in [-0.25, -0.2) is 9.37 Å². The molecule has 128 valence electrons. The van der Waals surface area contributed by atoms with Gasteiger partial charge >= 0.3 is 0 Å². The first-order valence-corrected chi connectivity index (χ1v) is 7.68. The fourth-order valence-electron chi connectivity index (χ4n) is 2.89. The topological polar surface area (TPSA) is 91.5 Å². The van der Waals surface area contributed by atoms with Crippen molar-refractivity contribution in [3.8, 4) is 0 Å². The van der Waals surface area contributed by atoms with E-state index in [1.54, 1.807) is 19.9 Å². The maximum Gasteiger partial charge on any atom is 0.256 e. The number of hydrogen-bond acceptors (Lipinski definition) is 6. The number of amides is 1. The largest absolute Gasteiger partial charge is 0.386 e. The Balaban J connectivity index is 1.61. The first kappa shape index (κ1) is 16.4. The van der Waals surface area contributed by atoms with E-state index < -0.39 is 11.4 Å². The highest BCUT2D eigenvalue weighted by atomic mass is 19.1. The van der Waals surface area contributed by atoms with Crippen LogP contribution in [-0.4, -0.2) is 46.4 Å². The second-order valence-corrected chi connectivity index (χ2v) is 6.11. The van der Waals surface area contributed by atoms with Crippen LogP contribution in [0.25, 0.3) is 0 Å². The van der Waals surface area contributed by atoms with Gasteiger partial charge in [-0.05, 0) is 32.4 Å². The number of aromatic nitrogens is 2. The first-order chi connectivity index (χ1) is 11.4. The molecule has 1 saturated heterocycles. The highest BCUT2D eigenvalue weighted by molar-refractivity contribution is 5.96. The molecule has 0 saturated carbocycles. The van der Waals surface area contributed by atoms with E-state index in [9.17, 15) is 14.3 Å². The fourth-order valence-corrected chi connectivity index (χ4v) is 2.89. The molecule has 0 bridgehead atoms. The monoisotopic (exact) mass is 334 g/mol. The van der Waals surface area contributed by atoms with Crippen LogP contribution in [0, 0.1) is 19.7 Å². The number of carbonyl (C=O) groups is 1. The molecule has 1 amide bonds. The third-order valence-corrected chi connectivity index (χ3v) is 4.21. The molecule has 2 N–H and O–H groups in total. The minimum absolute atomic E-state index is 0.105. The Kier molecular flexibility index (Phi) is 4.23. The molecule has 2 aromatic rings. The van der Waals surface area contributed by atoms with Crippen LogP contribution in [0.3, 0.4) is 0 Å². The van der Waals surface area contributed by atoms with Crippen LogP contribution in [-0.2, 0) is 0 Å². The van der Waals surface area contributed by atoms with Crippen molar-refractivity contribution in [3.05, 3.63) is 41.2 Å². The summed E-state index contributed by atoms with van der Waals surface area (Å²) in [4.78, 5) is 18.1. The summed E-state index contributed by atoms with van der Waals surface area (Å²) < 4.78 is 17.9. The predicted molar refractivity (Wildman–Crippen MR) is 84.3 cm³/mol. The predicted octanol–water partition coefficient (Wildman–Crippen LogP) is 1.20. The number of aliphatic hydroxyl groups is 1. The number of hydrogen-bond donors (Lipinski definition) is 2. The minimum Gasteiger partial charge on any atom is -0.386 e. The van der Waals surface area contributed by atoms with Crippen LogP contribution >= 0.6 is 0 Å². The molecule has 3 rings (SSSR count). The molecule has 0 aromatic carbocycles. The second-order valence-electron chi connectivity index (χ2n) is 6.11. The number of aryl methyl sites for hydroxylation is 2. The molecule has 1 unspecified atom stereocenters. The van der Waals surface area contributed by atoms with Crippen molar-refractivity contribution >= 4 is 11.7 Å². The minimum atomic E-state index is -1.06. The van der Waals surface area contributed by atoms with Crippen molar-refractivity contribution in [2.45, 2.75) is 25.9 Å². The summed E-state index contributed by atoms with van der Waals surface area (Å²) in [6.45, 7) is 4.36. The van der Waals surface area contributed by atoms with Gasteiger partial charge in [0.15, 0.2) is 0 Å². The Morgan fingerprint density at radius 3 is 2.92 bits per heavy atom. The fraction of sp³-hybridized carbons (Fsp3) is 0.438. The van der Waals surface area contributed by atoms with Crippen LogP contribution in [0.1, 0.15) is 28.2 Å². The van der Waals surface area contributed by atoms with Gasteiger partial charge in [-0.2, -0.15) is 0 Å². The summed E-state index contributed by atoms with van der Waals surface area (Å²) in [5, 5.41) is 17.1. The highest BCUT2D eigenvalue weighted by Gasteiger charge is 2.37. The van der Waals surface area contributed by atoms with Crippen LogP contribution in [0.4, 0.5) is 10.2 Å². The number of β-amino-alcohol motifs (C(OH)–C–C–N with tert-alkyl or cyclic N) is 1. The lowest BCUT2D eigenvalue weighted by Gasteiger charge is -2.24. The molecule has 7 nitrogen and oxygen atoms in total. The molecule has 2 aromatic heterocycles. The van der Waals surface area contributed by atoms with Gasteiger partial charge < -0.3 is 19.8 Å². The number of halogens is 1. The summed E-state index contributed by atoms with van der Waals surface area (Å²) in [6, 6.07) is 2.91. The first-order valence-electron chi connectivity index (χ1n) is 7.68. The van der Waals surface area contributed by atoms with E-state index in [4.69, 9.17) is 4.52 Å². The number of pyridine rings is 1. The van der Waals surface area contributed by atoms with E-state index in [0.29, 0.717) is 42.3 Å². The lowest BCUT2D eigenvalue weighted by Crippen LogP contribution is -2.45. The molecule has 1 aliphatic heterocycles. The van der Waals surface area contributed by atoms with E-state index in [0.717, 1.165) is 6.20 Å². The van der Waals surface area contributed by atoms with Crippen molar-refractivity contribution in [3.63, 3.8) is 0 Å². The zero-order valence-corrected chi connectivity index (χ0v) is 13.5. The maximum atomic E-state index is 12.9.